The molecule has 0 saturated carbocycles. The van der Waals surface area contributed by atoms with Gasteiger partial charge in [0.05, 0.1) is 5.56 Å². The van der Waals surface area contributed by atoms with Crippen LogP contribution in [-0.4, -0.2) is 32.0 Å². The number of hydrogen-bond donors (Lipinski definition) is 1. The number of rotatable bonds is 2. The number of nitrogens with zero attached hydrogens (tertiary/aromatic N) is 1. The number of carbonyl (C=O) groups is 1. The van der Waals surface area contributed by atoms with E-state index in [1.165, 1.54) is 23.1 Å². The summed E-state index contributed by atoms with van der Waals surface area (Å²) in [5.74, 6) is -0.501. The lowest BCUT2D eigenvalue weighted by atomic mass is 10.1. The number of benzene rings is 1. The number of halogens is 1. The summed E-state index contributed by atoms with van der Waals surface area (Å²) in [6, 6.07) is 4.05. The van der Waals surface area contributed by atoms with Crippen LogP contribution in [0.15, 0.2) is 18.2 Å². The minimum Gasteiger partial charge on any atom is -0.387 e. The highest BCUT2D eigenvalue weighted by Gasteiger charge is 2.12. The lowest BCUT2D eigenvalue weighted by Crippen LogP contribution is -2.22. The highest BCUT2D eigenvalue weighted by molar-refractivity contribution is 5.99. The Labute approximate surface area is 82.5 Å². The van der Waals surface area contributed by atoms with Gasteiger partial charge in [-0.15, -0.1) is 0 Å². The Morgan fingerprint density at radius 2 is 2.07 bits per heavy atom. The number of nitrogens with one attached hydrogen (secondary N) is 1. The van der Waals surface area contributed by atoms with Gasteiger partial charge in [0, 0.05) is 26.8 Å². The fraction of sp³-hybridized carbons (Fsp3) is 0.300. The van der Waals surface area contributed by atoms with Crippen LogP contribution >= 0.6 is 0 Å². The lowest BCUT2D eigenvalue weighted by molar-refractivity contribution is 0.0828. The number of hydrogen-bond acceptors (Lipinski definition) is 2. The topological polar surface area (TPSA) is 32.3 Å². The average molecular weight is 196 g/mol. The van der Waals surface area contributed by atoms with E-state index < -0.39 is 0 Å². The van der Waals surface area contributed by atoms with Crippen molar-refractivity contribution < 1.29 is 9.18 Å². The Bertz CT molecular complexity index is 350. The molecule has 76 valence electrons. The molecule has 0 fully saturated rings. The van der Waals surface area contributed by atoms with Gasteiger partial charge in [-0.1, -0.05) is 0 Å². The van der Waals surface area contributed by atoms with Crippen molar-refractivity contribution in [1.82, 2.24) is 4.90 Å². The molecule has 0 aromatic heterocycles. The summed E-state index contributed by atoms with van der Waals surface area (Å²) in [5, 5.41) is 2.78. The minimum absolute atomic E-state index is 0.144. The third-order valence-electron chi connectivity index (χ3n) is 1.89. The molecular weight excluding hydrogens is 183 g/mol. The normalized spacial score (nSPS) is 9.71. The quantitative estimate of drug-likeness (QED) is 0.778. The molecule has 0 heterocycles. The molecule has 0 unspecified atom stereocenters. The third kappa shape index (κ3) is 2.02. The molecule has 0 spiro atoms. The summed E-state index contributed by atoms with van der Waals surface area (Å²) in [5.41, 5.74) is 0.975. The van der Waals surface area contributed by atoms with Crippen molar-refractivity contribution in [3.63, 3.8) is 0 Å². The van der Waals surface area contributed by atoms with Gasteiger partial charge in [0.1, 0.15) is 5.82 Å². The molecule has 3 nitrogen and oxygen atoms in total. The van der Waals surface area contributed by atoms with Crippen LogP contribution in [0.5, 0.6) is 0 Å². The van der Waals surface area contributed by atoms with Crippen LogP contribution < -0.4 is 5.32 Å². The Kier molecular flexibility index (Phi) is 3.06. The molecule has 1 aromatic rings. The summed E-state index contributed by atoms with van der Waals surface area (Å²) < 4.78 is 12.8. The molecule has 0 aliphatic rings. The van der Waals surface area contributed by atoms with Gasteiger partial charge in [-0.05, 0) is 18.2 Å². The van der Waals surface area contributed by atoms with Crippen LogP contribution in [0.25, 0.3) is 0 Å². The second-order valence-electron chi connectivity index (χ2n) is 3.14. The molecule has 0 atom stereocenters. The molecule has 1 aromatic carbocycles. The van der Waals surface area contributed by atoms with Crippen LogP contribution in [-0.2, 0) is 0 Å². The van der Waals surface area contributed by atoms with Crippen molar-refractivity contribution in [2.24, 2.45) is 0 Å². The predicted octanol–water partition coefficient (Wildman–Crippen LogP) is 1.57. The van der Waals surface area contributed by atoms with Gasteiger partial charge in [0.2, 0.25) is 0 Å². The van der Waals surface area contributed by atoms with Gasteiger partial charge in [-0.3, -0.25) is 4.79 Å². The van der Waals surface area contributed by atoms with E-state index >= 15 is 0 Å². The molecule has 0 radical (unpaired) electrons. The van der Waals surface area contributed by atoms with E-state index in [0.717, 1.165) is 0 Å². The van der Waals surface area contributed by atoms with Crippen molar-refractivity contribution in [3.05, 3.63) is 29.6 Å². The highest BCUT2D eigenvalue weighted by Crippen LogP contribution is 2.17. The zero-order chi connectivity index (χ0) is 10.7. The fourth-order valence-corrected chi connectivity index (χ4v) is 1.15. The Hall–Kier alpha value is -1.58. The van der Waals surface area contributed by atoms with Crippen molar-refractivity contribution in [3.8, 4) is 0 Å². The first-order valence-electron chi connectivity index (χ1n) is 4.25. The summed E-state index contributed by atoms with van der Waals surface area (Å²) in [4.78, 5) is 13.1. The molecule has 0 aliphatic carbocycles. The molecule has 4 heteroatoms. The zero-order valence-corrected chi connectivity index (χ0v) is 8.47. The molecule has 1 N–H and O–H groups in total. The van der Waals surface area contributed by atoms with Gasteiger partial charge in [-0.25, -0.2) is 4.39 Å². The SMILES string of the molecule is CNc1cc(F)ccc1C(=O)N(C)C. The first-order chi connectivity index (χ1) is 6.56. The lowest BCUT2D eigenvalue weighted by Gasteiger charge is -2.13. The Morgan fingerprint density at radius 3 is 2.57 bits per heavy atom. The zero-order valence-electron chi connectivity index (χ0n) is 8.47. The first-order valence-corrected chi connectivity index (χ1v) is 4.25. The molecule has 1 rings (SSSR count). The summed E-state index contributed by atoms with van der Waals surface area (Å²) in [6.07, 6.45) is 0. The van der Waals surface area contributed by atoms with Crippen molar-refractivity contribution in [2.45, 2.75) is 0 Å². The maximum Gasteiger partial charge on any atom is 0.255 e. The van der Waals surface area contributed by atoms with Gasteiger partial charge in [0.25, 0.3) is 5.91 Å². The summed E-state index contributed by atoms with van der Waals surface area (Å²) >= 11 is 0. The van der Waals surface area contributed by atoms with E-state index in [0.29, 0.717) is 11.3 Å². The van der Waals surface area contributed by atoms with Crippen molar-refractivity contribution >= 4 is 11.6 Å². The van der Waals surface area contributed by atoms with E-state index in [1.807, 2.05) is 0 Å². The second kappa shape index (κ2) is 4.09. The van der Waals surface area contributed by atoms with Crippen molar-refractivity contribution in [2.75, 3.05) is 26.5 Å². The summed E-state index contributed by atoms with van der Waals surface area (Å²) in [7, 11) is 4.97. The van der Waals surface area contributed by atoms with Crippen LogP contribution in [0.3, 0.4) is 0 Å². The maximum atomic E-state index is 12.8. The molecule has 14 heavy (non-hydrogen) atoms. The van der Waals surface area contributed by atoms with Gasteiger partial charge in [0.15, 0.2) is 0 Å². The van der Waals surface area contributed by atoms with Crippen molar-refractivity contribution in [1.29, 1.82) is 0 Å². The molecule has 0 bridgehead atoms. The maximum absolute atomic E-state index is 12.8. The number of anilines is 1. The monoisotopic (exact) mass is 196 g/mol. The second-order valence-corrected chi connectivity index (χ2v) is 3.14. The van der Waals surface area contributed by atoms with Crippen LogP contribution in [0.1, 0.15) is 10.4 Å². The predicted molar refractivity (Wildman–Crippen MR) is 54.0 cm³/mol. The van der Waals surface area contributed by atoms with E-state index in [-0.39, 0.29) is 11.7 Å². The fourth-order valence-electron chi connectivity index (χ4n) is 1.15. The van der Waals surface area contributed by atoms with Gasteiger partial charge < -0.3 is 10.2 Å². The average Bonchev–Trinajstić information content (AvgIpc) is 2.16. The molecule has 1 amide bonds. The standard InChI is InChI=1S/C10H13FN2O/c1-12-9-6-7(11)4-5-8(9)10(14)13(2)3/h4-6,12H,1-3H3. The Balaban J connectivity index is 3.14. The van der Waals surface area contributed by atoms with E-state index in [4.69, 9.17) is 0 Å². The smallest absolute Gasteiger partial charge is 0.255 e. The first kappa shape index (κ1) is 10.5. The van der Waals surface area contributed by atoms with Crippen LogP contribution in [0.2, 0.25) is 0 Å². The molecule has 0 aliphatic heterocycles. The molecule has 0 saturated heterocycles. The minimum atomic E-state index is -0.357. The number of amides is 1. The highest BCUT2D eigenvalue weighted by atomic mass is 19.1. The molecular formula is C10H13FN2O. The van der Waals surface area contributed by atoms with E-state index in [9.17, 15) is 9.18 Å². The van der Waals surface area contributed by atoms with E-state index in [1.54, 1.807) is 21.1 Å². The third-order valence-corrected chi connectivity index (χ3v) is 1.89. The largest absolute Gasteiger partial charge is 0.387 e. The van der Waals surface area contributed by atoms with Crippen LogP contribution in [0, 0.1) is 5.82 Å². The van der Waals surface area contributed by atoms with Gasteiger partial charge >= 0.3 is 0 Å². The van der Waals surface area contributed by atoms with Gasteiger partial charge in [-0.2, -0.15) is 0 Å². The van der Waals surface area contributed by atoms with Crippen LogP contribution in [0.4, 0.5) is 10.1 Å². The Morgan fingerprint density at radius 1 is 1.43 bits per heavy atom. The number of carbonyl (C=O) groups excluding carboxylic acids is 1. The van der Waals surface area contributed by atoms with E-state index in [2.05, 4.69) is 5.32 Å². The summed E-state index contributed by atoms with van der Waals surface area (Å²) in [6.45, 7) is 0.